The lowest BCUT2D eigenvalue weighted by Gasteiger charge is -2.33. The maximum Gasteiger partial charge on any atom is 0.419 e. The molecule has 2 heterocycles. The van der Waals surface area contributed by atoms with Gasteiger partial charge in [0.15, 0.2) is 0 Å². The SMILES string of the molecule is CCCc1cc(N2CCC[C@@H](NC)C2)nc(Nc2ccc(F)c(C(F)(F)F)c2)n1.Cl.Cl. The summed E-state index contributed by atoms with van der Waals surface area (Å²) in [5.74, 6) is -0.364. The molecule has 1 aromatic carbocycles. The summed E-state index contributed by atoms with van der Waals surface area (Å²) in [4.78, 5) is 11.1. The zero-order valence-corrected chi connectivity index (χ0v) is 18.9. The molecule has 0 amide bonds. The average molecular weight is 484 g/mol. The molecule has 3 rings (SSSR count). The number of rotatable bonds is 6. The molecule has 31 heavy (non-hydrogen) atoms. The third-order valence-electron chi connectivity index (χ3n) is 4.95. The molecule has 0 bridgehead atoms. The predicted octanol–water partition coefficient (Wildman–Crippen LogP) is 5.36. The normalized spacial score (nSPS) is 16.3. The van der Waals surface area contributed by atoms with E-state index in [9.17, 15) is 17.6 Å². The first kappa shape index (κ1) is 27.2. The molecule has 0 saturated carbocycles. The van der Waals surface area contributed by atoms with Crippen molar-refractivity contribution in [3.8, 4) is 0 Å². The van der Waals surface area contributed by atoms with E-state index in [1.807, 2.05) is 20.0 Å². The summed E-state index contributed by atoms with van der Waals surface area (Å²) >= 11 is 0. The van der Waals surface area contributed by atoms with E-state index < -0.39 is 17.6 Å². The summed E-state index contributed by atoms with van der Waals surface area (Å²) in [6.07, 6.45) is -1.06. The Morgan fingerprint density at radius 2 is 1.90 bits per heavy atom. The van der Waals surface area contributed by atoms with Crippen LogP contribution in [0.25, 0.3) is 0 Å². The smallest absolute Gasteiger partial charge is 0.355 e. The number of aryl methyl sites for hydroxylation is 1. The van der Waals surface area contributed by atoms with Gasteiger partial charge in [0.25, 0.3) is 0 Å². The molecular formula is C20H27Cl2F4N5. The highest BCUT2D eigenvalue weighted by Gasteiger charge is 2.34. The number of anilines is 3. The van der Waals surface area contributed by atoms with Gasteiger partial charge in [-0.15, -0.1) is 24.8 Å². The number of nitrogens with one attached hydrogen (secondary N) is 2. The van der Waals surface area contributed by atoms with Crippen molar-refractivity contribution in [2.45, 2.75) is 44.8 Å². The van der Waals surface area contributed by atoms with Gasteiger partial charge >= 0.3 is 6.18 Å². The summed E-state index contributed by atoms with van der Waals surface area (Å²) < 4.78 is 52.5. The summed E-state index contributed by atoms with van der Waals surface area (Å²) in [6.45, 7) is 3.69. The summed E-state index contributed by atoms with van der Waals surface area (Å²) in [6, 6.07) is 5.07. The van der Waals surface area contributed by atoms with Crippen molar-refractivity contribution >= 4 is 42.3 Å². The molecule has 0 radical (unpaired) electrons. The number of nitrogens with zero attached hydrogens (tertiary/aromatic N) is 3. The molecule has 2 aromatic rings. The van der Waals surface area contributed by atoms with Crippen LogP contribution in [-0.4, -0.2) is 36.1 Å². The zero-order valence-electron chi connectivity index (χ0n) is 17.3. The number of aromatic nitrogens is 2. The molecule has 0 unspecified atom stereocenters. The molecule has 2 N–H and O–H groups in total. The number of benzene rings is 1. The summed E-state index contributed by atoms with van der Waals surface area (Å²) in [5, 5.41) is 6.10. The monoisotopic (exact) mass is 483 g/mol. The van der Waals surface area contributed by atoms with E-state index in [0.717, 1.165) is 62.4 Å². The maximum atomic E-state index is 13.6. The van der Waals surface area contributed by atoms with Crippen LogP contribution in [0.5, 0.6) is 0 Å². The molecule has 0 aliphatic carbocycles. The Morgan fingerprint density at radius 3 is 2.55 bits per heavy atom. The van der Waals surface area contributed by atoms with E-state index in [1.165, 1.54) is 6.07 Å². The Balaban J connectivity index is 0.00000240. The van der Waals surface area contributed by atoms with Crippen LogP contribution in [0.1, 0.15) is 37.4 Å². The van der Waals surface area contributed by atoms with Gasteiger partial charge in [-0.25, -0.2) is 9.37 Å². The molecule has 1 fully saturated rings. The second-order valence-electron chi connectivity index (χ2n) is 7.18. The fraction of sp³-hybridized carbons (Fsp3) is 0.500. The highest BCUT2D eigenvalue weighted by atomic mass is 35.5. The minimum Gasteiger partial charge on any atom is -0.355 e. The van der Waals surface area contributed by atoms with Crippen molar-refractivity contribution in [3.05, 3.63) is 41.3 Å². The number of halogens is 6. The zero-order chi connectivity index (χ0) is 21.0. The standard InChI is InChI=1S/C20H25F4N5.2ClH/c1-3-5-13-11-18(29-9-4-6-15(12-29)25-2)28-19(26-13)27-14-7-8-17(21)16(10-14)20(22,23)24;;/h7-8,10-11,15,25H,3-6,9,12H2,1-2H3,(H,26,27,28);2*1H/t15-;;/m1../s1. The van der Waals surface area contributed by atoms with Crippen LogP contribution in [0, 0.1) is 5.82 Å². The van der Waals surface area contributed by atoms with Gasteiger partial charge in [-0.05, 0) is 44.5 Å². The van der Waals surface area contributed by atoms with Crippen LogP contribution in [0.2, 0.25) is 0 Å². The Hall–Kier alpha value is -1.84. The van der Waals surface area contributed by atoms with Gasteiger partial charge in [-0.2, -0.15) is 18.2 Å². The van der Waals surface area contributed by atoms with Crippen LogP contribution < -0.4 is 15.5 Å². The average Bonchev–Trinajstić information content (AvgIpc) is 2.69. The van der Waals surface area contributed by atoms with Gasteiger partial charge < -0.3 is 15.5 Å². The molecule has 1 atom stereocenters. The number of piperidine rings is 1. The summed E-state index contributed by atoms with van der Waals surface area (Å²) in [5.41, 5.74) is -0.421. The van der Waals surface area contributed by atoms with Crippen LogP contribution in [0.15, 0.2) is 24.3 Å². The van der Waals surface area contributed by atoms with Crippen molar-refractivity contribution in [3.63, 3.8) is 0 Å². The van der Waals surface area contributed by atoms with Crippen LogP contribution in [0.3, 0.4) is 0 Å². The van der Waals surface area contributed by atoms with Crippen molar-refractivity contribution in [1.29, 1.82) is 0 Å². The van der Waals surface area contributed by atoms with E-state index in [-0.39, 0.29) is 36.4 Å². The number of alkyl halides is 3. The van der Waals surface area contributed by atoms with E-state index in [4.69, 9.17) is 0 Å². The first-order chi connectivity index (χ1) is 13.8. The molecule has 5 nitrogen and oxygen atoms in total. The van der Waals surface area contributed by atoms with Crippen molar-refractivity contribution in [2.24, 2.45) is 0 Å². The second-order valence-corrected chi connectivity index (χ2v) is 7.18. The number of likely N-dealkylation sites (N-methyl/N-ethyl adjacent to an activating group) is 1. The topological polar surface area (TPSA) is 53.1 Å². The molecule has 1 aromatic heterocycles. The third kappa shape index (κ3) is 7.08. The van der Waals surface area contributed by atoms with Crippen molar-refractivity contribution in [2.75, 3.05) is 30.4 Å². The molecule has 1 saturated heterocycles. The van der Waals surface area contributed by atoms with Gasteiger partial charge in [0.1, 0.15) is 11.6 Å². The number of hydrogen-bond donors (Lipinski definition) is 2. The Labute approximate surface area is 191 Å². The van der Waals surface area contributed by atoms with E-state index in [0.29, 0.717) is 6.04 Å². The molecule has 174 valence electrons. The van der Waals surface area contributed by atoms with Gasteiger partial charge in [0, 0.05) is 36.6 Å². The Kier molecular flexibility index (Phi) is 10.3. The number of hydrogen-bond acceptors (Lipinski definition) is 5. The first-order valence-electron chi connectivity index (χ1n) is 9.74. The fourth-order valence-electron chi connectivity index (χ4n) is 3.46. The van der Waals surface area contributed by atoms with Gasteiger partial charge in [0.05, 0.1) is 5.56 Å². The molecule has 0 spiro atoms. The van der Waals surface area contributed by atoms with Gasteiger partial charge in [0.2, 0.25) is 5.95 Å². The lowest BCUT2D eigenvalue weighted by atomic mass is 10.1. The minimum absolute atomic E-state index is 0. The minimum atomic E-state index is -4.77. The molecule has 1 aliphatic rings. The first-order valence-corrected chi connectivity index (χ1v) is 9.74. The fourth-order valence-corrected chi connectivity index (χ4v) is 3.46. The quantitative estimate of drug-likeness (QED) is 0.541. The largest absolute Gasteiger partial charge is 0.419 e. The summed E-state index contributed by atoms with van der Waals surface area (Å²) in [7, 11) is 1.93. The second kappa shape index (κ2) is 11.7. The lowest BCUT2D eigenvalue weighted by Crippen LogP contribution is -2.44. The van der Waals surface area contributed by atoms with Crippen molar-refractivity contribution < 1.29 is 17.6 Å². The third-order valence-corrected chi connectivity index (χ3v) is 4.95. The predicted molar refractivity (Wildman–Crippen MR) is 120 cm³/mol. The van der Waals surface area contributed by atoms with E-state index in [2.05, 4.69) is 25.5 Å². The van der Waals surface area contributed by atoms with Gasteiger partial charge in [-0.3, -0.25) is 0 Å². The van der Waals surface area contributed by atoms with Crippen LogP contribution >= 0.6 is 24.8 Å². The van der Waals surface area contributed by atoms with Crippen LogP contribution in [-0.2, 0) is 12.6 Å². The molecular weight excluding hydrogens is 457 g/mol. The van der Waals surface area contributed by atoms with E-state index in [1.54, 1.807) is 0 Å². The van der Waals surface area contributed by atoms with Crippen molar-refractivity contribution in [1.82, 2.24) is 15.3 Å². The maximum absolute atomic E-state index is 13.6. The Morgan fingerprint density at radius 1 is 1.16 bits per heavy atom. The Bertz CT molecular complexity index is 851. The van der Waals surface area contributed by atoms with Gasteiger partial charge in [-0.1, -0.05) is 13.3 Å². The highest BCUT2D eigenvalue weighted by molar-refractivity contribution is 5.85. The van der Waals surface area contributed by atoms with Crippen LogP contribution in [0.4, 0.5) is 35.0 Å². The molecule has 1 aliphatic heterocycles. The lowest BCUT2D eigenvalue weighted by molar-refractivity contribution is -0.139. The van der Waals surface area contributed by atoms with E-state index >= 15 is 0 Å². The molecule has 11 heteroatoms. The highest BCUT2D eigenvalue weighted by Crippen LogP contribution is 2.33.